The lowest BCUT2D eigenvalue weighted by Gasteiger charge is -2.10. The largest absolute Gasteiger partial charge is 0.495 e. The molecule has 25 heavy (non-hydrogen) atoms. The van der Waals surface area contributed by atoms with Gasteiger partial charge in [-0.3, -0.25) is 9.59 Å². The molecule has 0 aliphatic carbocycles. The molecule has 0 fully saturated rings. The highest BCUT2D eigenvalue weighted by atomic mass is 35.5. The van der Waals surface area contributed by atoms with Crippen molar-refractivity contribution >= 4 is 40.9 Å². The van der Waals surface area contributed by atoms with Gasteiger partial charge in [0.2, 0.25) is 11.8 Å². The Morgan fingerprint density at radius 2 is 2.16 bits per heavy atom. The first-order valence-electron chi connectivity index (χ1n) is 7.33. The Balaban J connectivity index is 1.94. The number of nitrogens with two attached hydrogens (primary N) is 1. The van der Waals surface area contributed by atoms with Crippen molar-refractivity contribution in [2.75, 3.05) is 18.2 Å². The number of carbonyl (C=O) groups is 2. The second-order valence-electron chi connectivity index (χ2n) is 5.11. The molecule has 0 atom stereocenters. The van der Waals surface area contributed by atoms with E-state index in [9.17, 15) is 9.59 Å². The van der Waals surface area contributed by atoms with E-state index >= 15 is 0 Å². The molecular weight excluding hydrogens is 366 g/mol. The molecule has 0 unspecified atom stereocenters. The number of hydrogen-bond acceptors (Lipinski definition) is 6. The number of ether oxygens (including phenoxy) is 1. The smallest absolute Gasteiger partial charge is 0.234 e. The molecule has 0 aliphatic heterocycles. The Hall–Kier alpha value is -2.26. The minimum absolute atomic E-state index is 0.136. The number of halogens is 1. The first-order chi connectivity index (χ1) is 11.9. The quantitative estimate of drug-likeness (QED) is 0.670. The van der Waals surface area contributed by atoms with Crippen LogP contribution in [0.25, 0.3) is 0 Å². The van der Waals surface area contributed by atoms with Crippen LogP contribution >= 0.6 is 23.4 Å². The van der Waals surface area contributed by atoms with Gasteiger partial charge in [-0.25, -0.2) is 0 Å². The van der Waals surface area contributed by atoms with Gasteiger partial charge in [0.15, 0.2) is 5.16 Å². The Bertz CT molecular complexity index is 781. The standard InChI is InChI=1S/C15H18ClN5O3S/c1-21-13(6-5-12(17)22)19-20-15(21)25-8-14(23)18-10-7-9(16)3-4-11(10)24-2/h3-4,7H,5-6,8H2,1-2H3,(H2,17,22)(H,18,23). The molecule has 2 aromatic rings. The van der Waals surface area contributed by atoms with Crippen molar-refractivity contribution in [1.82, 2.24) is 14.8 Å². The van der Waals surface area contributed by atoms with E-state index in [-0.39, 0.29) is 18.1 Å². The van der Waals surface area contributed by atoms with Crippen LogP contribution in [0.1, 0.15) is 12.2 Å². The van der Waals surface area contributed by atoms with Crippen molar-refractivity contribution in [1.29, 1.82) is 0 Å². The zero-order valence-corrected chi connectivity index (χ0v) is 15.4. The molecule has 134 valence electrons. The Labute approximate surface area is 154 Å². The highest BCUT2D eigenvalue weighted by Crippen LogP contribution is 2.28. The molecule has 0 bridgehead atoms. The summed E-state index contributed by atoms with van der Waals surface area (Å²) in [6.07, 6.45) is 0.608. The number of primary amides is 1. The zero-order valence-electron chi connectivity index (χ0n) is 13.8. The normalized spacial score (nSPS) is 10.5. The number of anilines is 1. The number of nitrogens with one attached hydrogen (secondary N) is 1. The highest BCUT2D eigenvalue weighted by Gasteiger charge is 2.13. The van der Waals surface area contributed by atoms with Gasteiger partial charge in [-0.2, -0.15) is 0 Å². The third-order valence-electron chi connectivity index (χ3n) is 3.29. The van der Waals surface area contributed by atoms with Crippen LogP contribution in [0.5, 0.6) is 5.75 Å². The topological polar surface area (TPSA) is 112 Å². The van der Waals surface area contributed by atoms with Crippen molar-refractivity contribution in [2.24, 2.45) is 12.8 Å². The van der Waals surface area contributed by atoms with Gasteiger partial charge in [0.1, 0.15) is 11.6 Å². The van der Waals surface area contributed by atoms with Crippen LogP contribution in [0.4, 0.5) is 5.69 Å². The molecule has 0 aliphatic rings. The van der Waals surface area contributed by atoms with Gasteiger partial charge >= 0.3 is 0 Å². The molecule has 1 aromatic heterocycles. The van der Waals surface area contributed by atoms with E-state index in [1.54, 1.807) is 29.8 Å². The van der Waals surface area contributed by atoms with Gasteiger partial charge in [0.05, 0.1) is 18.6 Å². The molecule has 3 N–H and O–H groups in total. The van der Waals surface area contributed by atoms with Crippen LogP contribution in [-0.2, 0) is 23.1 Å². The van der Waals surface area contributed by atoms with Gasteiger partial charge in [-0.1, -0.05) is 23.4 Å². The third kappa shape index (κ3) is 5.36. The summed E-state index contributed by atoms with van der Waals surface area (Å²) in [7, 11) is 3.29. The minimum atomic E-state index is -0.396. The first-order valence-corrected chi connectivity index (χ1v) is 8.69. The second-order valence-corrected chi connectivity index (χ2v) is 6.48. The van der Waals surface area contributed by atoms with E-state index in [1.165, 1.54) is 18.9 Å². The fraction of sp³-hybridized carbons (Fsp3) is 0.333. The fourth-order valence-electron chi connectivity index (χ4n) is 2.02. The summed E-state index contributed by atoms with van der Waals surface area (Å²) in [5.74, 6) is 0.671. The van der Waals surface area contributed by atoms with Gasteiger partial charge in [0.25, 0.3) is 0 Å². The van der Waals surface area contributed by atoms with Crippen molar-refractivity contribution in [3.05, 3.63) is 29.0 Å². The third-order valence-corrected chi connectivity index (χ3v) is 4.54. The Morgan fingerprint density at radius 1 is 1.40 bits per heavy atom. The van der Waals surface area contributed by atoms with Crippen LogP contribution in [0.3, 0.4) is 0 Å². The lowest BCUT2D eigenvalue weighted by molar-refractivity contribution is -0.118. The number of nitrogens with zero attached hydrogens (tertiary/aromatic N) is 3. The van der Waals surface area contributed by atoms with Crippen molar-refractivity contribution in [3.63, 3.8) is 0 Å². The van der Waals surface area contributed by atoms with Crippen LogP contribution < -0.4 is 15.8 Å². The van der Waals surface area contributed by atoms with E-state index in [2.05, 4.69) is 15.5 Å². The van der Waals surface area contributed by atoms with Gasteiger partial charge in [0, 0.05) is 24.9 Å². The number of methoxy groups -OCH3 is 1. The van der Waals surface area contributed by atoms with E-state index < -0.39 is 5.91 Å². The van der Waals surface area contributed by atoms with E-state index in [1.807, 2.05) is 0 Å². The van der Waals surface area contributed by atoms with Crippen molar-refractivity contribution in [2.45, 2.75) is 18.0 Å². The first kappa shape index (κ1) is 19.1. The van der Waals surface area contributed by atoms with E-state index in [4.69, 9.17) is 22.1 Å². The average Bonchev–Trinajstić information content (AvgIpc) is 2.91. The fourth-order valence-corrected chi connectivity index (χ4v) is 2.92. The van der Waals surface area contributed by atoms with Crippen LogP contribution in [0, 0.1) is 0 Å². The molecule has 10 heteroatoms. The van der Waals surface area contributed by atoms with Crippen molar-refractivity contribution in [3.8, 4) is 5.75 Å². The summed E-state index contributed by atoms with van der Waals surface area (Å²) < 4.78 is 6.93. The number of benzene rings is 1. The summed E-state index contributed by atoms with van der Waals surface area (Å²) in [6, 6.07) is 4.98. The van der Waals surface area contributed by atoms with Crippen molar-refractivity contribution < 1.29 is 14.3 Å². The molecule has 0 saturated carbocycles. The highest BCUT2D eigenvalue weighted by molar-refractivity contribution is 7.99. The molecule has 2 amide bonds. The number of thioether (sulfide) groups is 1. The SMILES string of the molecule is COc1ccc(Cl)cc1NC(=O)CSc1nnc(CCC(N)=O)n1C. The number of aryl methyl sites for hydroxylation is 1. The number of carbonyl (C=O) groups excluding carboxylic acids is 2. The number of amides is 2. The van der Waals surface area contributed by atoms with E-state index in [0.717, 1.165) is 0 Å². The lowest BCUT2D eigenvalue weighted by Crippen LogP contribution is -2.15. The predicted octanol–water partition coefficient (Wildman–Crippen LogP) is 1.63. The average molecular weight is 384 g/mol. The van der Waals surface area contributed by atoms with Crippen LogP contribution in [-0.4, -0.2) is 39.4 Å². The molecule has 0 saturated heterocycles. The number of aromatic nitrogens is 3. The van der Waals surface area contributed by atoms with Crippen LogP contribution in [0.15, 0.2) is 23.4 Å². The summed E-state index contributed by atoms with van der Waals surface area (Å²) in [6.45, 7) is 0. The molecule has 1 aromatic carbocycles. The number of hydrogen-bond donors (Lipinski definition) is 2. The molecule has 1 heterocycles. The maximum atomic E-state index is 12.1. The predicted molar refractivity (Wildman–Crippen MR) is 95.9 cm³/mol. The zero-order chi connectivity index (χ0) is 18.4. The Morgan fingerprint density at radius 3 is 2.84 bits per heavy atom. The van der Waals surface area contributed by atoms with Gasteiger partial charge in [-0.15, -0.1) is 10.2 Å². The molecule has 0 spiro atoms. The van der Waals surface area contributed by atoms with Crippen LogP contribution in [0.2, 0.25) is 5.02 Å². The molecule has 0 radical (unpaired) electrons. The maximum absolute atomic E-state index is 12.1. The van der Waals surface area contributed by atoms with Gasteiger partial charge in [-0.05, 0) is 18.2 Å². The van der Waals surface area contributed by atoms with E-state index in [0.29, 0.717) is 33.9 Å². The molecule has 2 rings (SSSR count). The lowest BCUT2D eigenvalue weighted by atomic mass is 10.3. The molecular formula is C15H18ClN5O3S. The molecule has 8 nitrogen and oxygen atoms in total. The number of rotatable bonds is 8. The summed E-state index contributed by atoms with van der Waals surface area (Å²) in [5, 5.41) is 11.8. The summed E-state index contributed by atoms with van der Waals surface area (Å²) in [5.41, 5.74) is 5.63. The summed E-state index contributed by atoms with van der Waals surface area (Å²) >= 11 is 7.17. The maximum Gasteiger partial charge on any atom is 0.234 e. The van der Waals surface area contributed by atoms with Gasteiger partial charge < -0.3 is 20.4 Å². The Kier molecular flexibility index (Phi) is 6.65. The summed E-state index contributed by atoms with van der Waals surface area (Å²) in [4.78, 5) is 23.0. The second kappa shape index (κ2) is 8.72. The monoisotopic (exact) mass is 383 g/mol. The minimum Gasteiger partial charge on any atom is -0.495 e.